The normalized spacial score (nSPS) is 27.2. The number of para-hydroxylation sites is 1. The van der Waals surface area contributed by atoms with Crippen LogP contribution in [0.1, 0.15) is 69.2 Å². The number of nitrogens with one attached hydrogen (secondary N) is 1. The third-order valence-corrected chi connectivity index (χ3v) is 7.12. The molecule has 1 N–H and O–H groups in total. The van der Waals surface area contributed by atoms with Crippen LogP contribution in [0.4, 0.5) is 8.78 Å². The Morgan fingerprint density at radius 2 is 1.81 bits per heavy atom. The smallest absolute Gasteiger partial charge is 0.248 e. The number of hydrogen-bond donors (Lipinski definition) is 1. The van der Waals surface area contributed by atoms with Gasteiger partial charge < -0.3 is 4.74 Å². The largest absolute Gasteiger partial charge is 0.493 e. The van der Waals surface area contributed by atoms with Crippen molar-refractivity contribution in [2.75, 3.05) is 6.61 Å². The van der Waals surface area contributed by atoms with E-state index in [0.29, 0.717) is 25.2 Å². The van der Waals surface area contributed by atoms with E-state index in [1.807, 2.05) is 24.4 Å². The monoisotopic (exact) mass is 426 g/mol. The molecule has 1 atom stereocenters. The van der Waals surface area contributed by atoms with E-state index in [4.69, 9.17) is 4.74 Å². The lowest BCUT2D eigenvalue weighted by atomic mass is 9.56. The molecule has 6 rings (SSSR count). The highest BCUT2D eigenvalue weighted by atomic mass is 19.3. The number of allylic oxidation sites excluding steroid dienone is 2. The lowest BCUT2D eigenvalue weighted by Gasteiger charge is -2.47. The van der Waals surface area contributed by atoms with Gasteiger partial charge in [-0.2, -0.15) is 5.10 Å². The van der Waals surface area contributed by atoms with Crippen molar-refractivity contribution in [3.8, 4) is 5.75 Å². The van der Waals surface area contributed by atoms with Crippen molar-refractivity contribution in [1.29, 1.82) is 0 Å². The zero-order valence-electron chi connectivity index (χ0n) is 18.1. The fraction of sp³-hybridized carbons (Fsp3) is 0.520. The molecule has 164 valence electrons. The van der Waals surface area contributed by atoms with Gasteiger partial charge in [0.15, 0.2) is 5.78 Å². The van der Waals surface area contributed by atoms with E-state index in [2.05, 4.69) is 30.1 Å². The first-order chi connectivity index (χ1) is 14.7. The van der Waals surface area contributed by atoms with Crippen molar-refractivity contribution in [2.45, 2.75) is 70.1 Å². The molecule has 0 bridgehead atoms. The van der Waals surface area contributed by atoms with Gasteiger partial charge >= 0.3 is 0 Å². The summed E-state index contributed by atoms with van der Waals surface area (Å²) < 4.78 is 29.0. The average Bonchev–Trinajstić information content (AvgIpc) is 3.15. The lowest BCUT2D eigenvalue weighted by molar-refractivity contribution is -0.118. The highest BCUT2D eigenvalue weighted by Gasteiger charge is 2.52. The van der Waals surface area contributed by atoms with Crippen molar-refractivity contribution in [3.05, 3.63) is 58.4 Å². The minimum atomic E-state index is -2.28. The summed E-state index contributed by atoms with van der Waals surface area (Å²) in [6.45, 7) is 5.01. The zero-order valence-corrected chi connectivity index (χ0v) is 18.1. The number of aromatic nitrogens is 2. The minimum absolute atomic E-state index is 0.0271. The second kappa shape index (κ2) is 7.01. The number of carbonyl (C=O) groups is 1. The van der Waals surface area contributed by atoms with Crippen LogP contribution >= 0.6 is 0 Å². The lowest BCUT2D eigenvalue weighted by Crippen LogP contribution is -2.45. The number of ketones is 1. The van der Waals surface area contributed by atoms with Crippen molar-refractivity contribution in [1.82, 2.24) is 10.2 Å². The fourth-order valence-electron chi connectivity index (χ4n) is 5.68. The standard InChI is InChI=1S/C21H22N2O2.C4H6F2/c1-20(2)10-13-9-16-15(12-22-23-16)21(19(13)17(24)11-20)7-8-25-18-6-4-3-5-14(18)21;5-4(6)2-1-3-4/h3-6,12H,7-11H2,1-2H3,(H,22,23);1-3H2. The summed E-state index contributed by atoms with van der Waals surface area (Å²) in [6, 6.07) is 8.18. The highest BCUT2D eigenvalue weighted by molar-refractivity contribution is 6.02. The van der Waals surface area contributed by atoms with Crippen LogP contribution in [0.25, 0.3) is 0 Å². The topological polar surface area (TPSA) is 55.0 Å². The molecule has 1 spiro atoms. The number of alkyl halides is 2. The Kier molecular flexibility index (Phi) is 4.61. The molecule has 31 heavy (non-hydrogen) atoms. The van der Waals surface area contributed by atoms with Gasteiger partial charge in [-0.25, -0.2) is 8.78 Å². The van der Waals surface area contributed by atoms with Gasteiger partial charge in [0.05, 0.1) is 18.2 Å². The molecular formula is C25H28F2N2O2. The Hall–Kier alpha value is -2.50. The van der Waals surface area contributed by atoms with Gasteiger partial charge in [0.2, 0.25) is 5.92 Å². The number of aromatic amines is 1. The number of nitrogens with zero attached hydrogens (tertiary/aromatic N) is 1. The van der Waals surface area contributed by atoms with Crippen LogP contribution in [0.15, 0.2) is 41.6 Å². The van der Waals surface area contributed by atoms with Crippen LogP contribution < -0.4 is 4.74 Å². The number of Topliss-reactive ketones (excluding diaryl/α,β-unsaturated/α-hetero) is 1. The molecule has 0 amide bonds. The number of H-pyrrole nitrogens is 1. The van der Waals surface area contributed by atoms with Crippen LogP contribution in [0.2, 0.25) is 0 Å². The van der Waals surface area contributed by atoms with Crippen LogP contribution in [-0.2, 0) is 16.6 Å². The van der Waals surface area contributed by atoms with E-state index in [1.165, 1.54) is 5.57 Å². The highest BCUT2D eigenvalue weighted by Crippen LogP contribution is 2.56. The fourth-order valence-corrected chi connectivity index (χ4v) is 5.68. The summed E-state index contributed by atoms with van der Waals surface area (Å²) in [5.41, 5.74) is 5.36. The van der Waals surface area contributed by atoms with Gasteiger partial charge in [0.25, 0.3) is 0 Å². The third kappa shape index (κ3) is 3.31. The maximum absolute atomic E-state index is 13.3. The first-order valence-electron chi connectivity index (χ1n) is 11.1. The van der Waals surface area contributed by atoms with E-state index < -0.39 is 11.3 Å². The number of rotatable bonds is 0. The van der Waals surface area contributed by atoms with E-state index in [9.17, 15) is 13.6 Å². The predicted molar refractivity (Wildman–Crippen MR) is 113 cm³/mol. The SMILES string of the molecule is CC1(C)CC(=O)C2=C(Cc3[nH]ncc3C23CCOc2ccccc23)C1.FC1(F)CCC1. The Morgan fingerprint density at radius 1 is 1.06 bits per heavy atom. The Morgan fingerprint density at radius 3 is 2.52 bits per heavy atom. The molecule has 0 radical (unpaired) electrons. The molecule has 4 aliphatic rings. The van der Waals surface area contributed by atoms with Gasteiger partial charge in [-0.1, -0.05) is 37.6 Å². The maximum atomic E-state index is 13.3. The molecule has 3 aliphatic carbocycles. The van der Waals surface area contributed by atoms with Crippen molar-refractivity contribution >= 4 is 5.78 Å². The Balaban J connectivity index is 0.000000296. The second-order valence-corrected chi connectivity index (χ2v) is 10.1. The number of ether oxygens (including phenoxy) is 1. The molecule has 1 unspecified atom stereocenters. The Bertz CT molecular complexity index is 1060. The first-order valence-corrected chi connectivity index (χ1v) is 11.1. The number of hydrogen-bond acceptors (Lipinski definition) is 3. The summed E-state index contributed by atoms with van der Waals surface area (Å²) in [4.78, 5) is 13.3. The van der Waals surface area contributed by atoms with E-state index >= 15 is 0 Å². The molecule has 1 aromatic carbocycles. The van der Waals surface area contributed by atoms with Gasteiger partial charge in [-0.05, 0) is 30.7 Å². The molecule has 2 heterocycles. The summed E-state index contributed by atoms with van der Waals surface area (Å²) in [6.07, 6.45) is 6.06. The number of carbonyl (C=O) groups excluding carboxylic acids is 1. The molecule has 1 fully saturated rings. The molecule has 4 nitrogen and oxygen atoms in total. The van der Waals surface area contributed by atoms with Gasteiger partial charge in [0, 0.05) is 48.1 Å². The second-order valence-electron chi connectivity index (χ2n) is 10.1. The molecule has 1 saturated carbocycles. The van der Waals surface area contributed by atoms with Gasteiger partial charge in [-0.3, -0.25) is 9.89 Å². The Labute approximate surface area is 181 Å². The number of benzene rings is 1. The average molecular weight is 427 g/mol. The molecule has 6 heteroatoms. The maximum Gasteiger partial charge on any atom is 0.248 e. The predicted octanol–water partition coefficient (Wildman–Crippen LogP) is 5.53. The van der Waals surface area contributed by atoms with Crippen molar-refractivity contribution < 1.29 is 18.3 Å². The third-order valence-electron chi connectivity index (χ3n) is 7.12. The summed E-state index contributed by atoms with van der Waals surface area (Å²) >= 11 is 0. The summed E-state index contributed by atoms with van der Waals surface area (Å²) in [5.74, 6) is -1.08. The van der Waals surface area contributed by atoms with E-state index in [1.54, 1.807) is 0 Å². The number of halogens is 2. The van der Waals surface area contributed by atoms with E-state index in [0.717, 1.165) is 47.4 Å². The van der Waals surface area contributed by atoms with E-state index in [-0.39, 0.29) is 18.3 Å². The zero-order chi connectivity index (χ0) is 21.9. The molecule has 1 aliphatic heterocycles. The van der Waals surface area contributed by atoms with Crippen LogP contribution in [0, 0.1) is 5.41 Å². The van der Waals surface area contributed by atoms with Gasteiger partial charge in [-0.15, -0.1) is 0 Å². The summed E-state index contributed by atoms with van der Waals surface area (Å²) in [7, 11) is 0. The number of fused-ring (bicyclic) bond motifs is 5. The van der Waals surface area contributed by atoms with Crippen molar-refractivity contribution in [3.63, 3.8) is 0 Å². The van der Waals surface area contributed by atoms with Crippen molar-refractivity contribution in [2.24, 2.45) is 5.41 Å². The summed E-state index contributed by atoms with van der Waals surface area (Å²) in [5, 5.41) is 7.54. The molecule has 2 aromatic rings. The molecular weight excluding hydrogens is 398 g/mol. The van der Waals surface area contributed by atoms with Gasteiger partial charge in [0.1, 0.15) is 5.75 Å². The van der Waals surface area contributed by atoms with Crippen LogP contribution in [0.5, 0.6) is 5.75 Å². The first kappa shape index (κ1) is 20.4. The quantitative estimate of drug-likeness (QED) is 0.603. The van der Waals surface area contributed by atoms with Crippen LogP contribution in [-0.4, -0.2) is 28.5 Å². The van der Waals surface area contributed by atoms with Crippen LogP contribution in [0.3, 0.4) is 0 Å². The minimum Gasteiger partial charge on any atom is -0.493 e. The molecule has 1 aromatic heterocycles. The molecule has 0 saturated heterocycles.